The van der Waals surface area contributed by atoms with Crippen LogP contribution in [-0.2, 0) is 23.2 Å². The van der Waals surface area contributed by atoms with Gasteiger partial charge in [-0.25, -0.2) is 0 Å². The summed E-state index contributed by atoms with van der Waals surface area (Å²) in [7, 11) is 0. The zero-order valence-electron chi connectivity index (χ0n) is 19.6. The molecule has 5 nitrogen and oxygen atoms in total. The number of carbonyl (C=O) groups excluding carboxylic acids is 1. The van der Waals surface area contributed by atoms with Crippen LogP contribution in [-0.4, -0.2) is 47.6 Å². The lowest BCUT2D eigenvalue weighted by molar-refractivity contribution is -0.124. The number of aromatic hydroxyl groups is 1. The quantitative estimate of drug-likeness (QED) is 0.649. The van der Waals surface area contributed by atoms with E-state index in [9.17, 15) is 9.90 Å². The number of rotatable bonds is 6. The summed E-state index contributed by atoms with van der Waals surface area (Å²) >= 11 is 0. The minimum absolute atomic E-state index is 0.0885. The maximum atomic E-state index is 13.1. The van der Waals surface area contributed by atoms with Gasteiger partial charge in [-0.3, -0.25) is 4.79 Å². The standard InChI is InChI=1S/C27H37N3O2/c1-19(2)25(29-26(32)24-15-20-7-4-5-8-21(20)17-28-24)18-30-13-11-27(3,12-14-30)22-9-6-10-23(31)16-22/h4-10,16,19,24-25,28,31H,11-15,17-18H2,1-3H3,(H,29,32). The van der Waals surface area contributed by atoms with Crippen molar-refractivity contribution in [3.63, 3.8) is 0 Å². The molecule has 0 radical (unpaired) electrons. The molecule has 2 aromatic carbocycles. The summed E-state index contributed by atoms with van der Waals surface area (Å²) in [6.07, 6.45) is 2.85. The lowest BCUT2D eigenvalue weighted by atomic mass is 9.74. The molecule has 2 unspecified atom stereocenters. The highest BCUT2D eigenvalue weighted by Crippen LogP contribution is 2.36. The molecule has 1 amide bonds. The molecule has 3 N–H and O–H groups in total. The molecular formula is C27H37N3O2. The first-order chi connectivity index (χ1) is 15.3. The summed E-state index contributed by atoms with van der Waals surface area (Å²) in [6.45, 7) is 10.3. The average Bonchev–Trinajstić information content (AvgIpc) is 2.79. The van der Waals surface area contributed by atoms with E-state index in [-0.39, 0.29) is 23.4 Å². The number of likely N-dealkylation sites (tertiary alicyclic amines) is 1. The third-order valence-corrected chi connectivity index (χ3v) is 7.49. The smallest absolute Gasteiger partial charge is 0.237 e. The van der Waals surface area contributed by atoms with Gasteiger partial charge in [0, 0.05) is 19.1 Å². The highest BCUT2D eigenvalue weighted by Gasteiger charge is 2.34. The number of phenolic OH excluding ortho intramolecular Hbond substituents is 1. The van der Waals surface area contributed by atoms with Gasteiger partial charge in [-0.15, -0.1) is 0 Å². The monoisotopic (exact) mass is 435 g/mol. The molecule has 4 rings (SSSR count). The Bertz CT molecular complexity index is 934. The van der Waals surface area contributed by atoms with Gasteiger partial charge < -0.3 is 20.6 Å². The zero-order chi connectivity index (χ0) is 22.7. The third kappa shape index (κ3) is 5.16. The Kier molecular flexibility index (Phi) is 6.87. The van der Waals surface area contributed by atoms with Gasteiger partial charge in [0.25, 0.3) is 0 Å². The van der Waals surface area contributed by atoms with Crippen LogP contribution in [0.1, 0.15) is 50.3 Å². The second-order valence-corrected chi connectivity index (χ2v) is 10.2. The summed E-state index contributed by atoms with van der Waals surface area (Å²) in [5.41, 5.74) is 3.87. The van der Waals surface area contributed by atoms with Crippen molar-refractivity contribution < 1.29 is 9.90 Å². The van der Waals surface area contributed by atoms with Crippen molar-refractivity contribution in [2.45, 2.75) is 64.1 Å². The lowest BCUT2D eigenvalue weighted by Crippen LogP contribution is -2.55. The van der Waals surface area contributed by atoms with E-state index >= 15 is 0 Å². The van der Waals surface area contributed by atoms with Gasteiger partial charge in [0.15, 0.2) is 0 Å². The minimum atomic E-state index is -0.165. The van der Waals surface area contributed by atoms with Crippen molar-refractivity contribution in [1.29, 1.82) is 0 Å². The molecule has 0 saturated carbocycles. The third-order valence-electron chi connectivity index (χ3n) is 7.49. The van der Waals surface area contributed by atoms with Crippen LogP contribution in [0.3, 0.4) is 0 Å². The molecule has 1 fully saturated rings. The molecule has 0 spiro atoms. The van der Waals surface area contributed by atoms with Gasteiger partial charge in [-0.05, 0) is 72.5 Å². The van der Waals surface area contributed by atoms with Gasteiger partial charge in [-0.1, -0.05) is 57.2 Å². The van der Waals surface area contributed by atoms with E-state index in [0.29, 0.717) is 11.7 Å². The summed E-state index contributed by atoms with van der Waals surface area (Å²) in [6, 6.07) is 16.0. The highest BCUT2D eigenvalue weighted by molar-refractivity contribution is 5.82. The predicted octanol–water partition coefficient (Wildman–Crippen LogP) is 3.60. The molecule has 32 heavy (non-hydrogen) atoms. The van der Waals surface area contributed by atoms with E-state index < -0.39 is 0 Å². The molecule has 172 valence electrons. The van der Waals surface area contributed by atoms with Crippen LogP contribution in [0.4, 0.5) is 0 Å². The average molecular weight is 436 g/mol. The fourth-order valence-corrected chi connectivity index (χ4v) is 5.02. The molecule has 2 aromatic rings. The second kappa shape index (κ2) is 9.63. The van der Waals surface area contributed by atoms with E-state index in [2.05, 4.69) is 66.6 Å². The van der Waals surface area contributed by atoms with Gasteiger partial charge in [0.2, 0.25) is 5.91 Å². The zero-order valence-corrected chi connectivity index (χ0v) is 19.6. The SMILES string of the molecule is CC(C)C(CN1CCC(C)(c2cccc(O)c2)CC1)NC(=O)C1Cc2ccccc2CN1. The van der Waals surface area contributed by atoms with Crippen LogP contribution in [0.25, 0.3) is 0 Å². The molecule has 0 aromatic heterocycles. The van der Waals surface area contributed by atoms with E-state index in [1.807, 2.05) is 12.1 Å². The molecule has 5 heteroatoms. The molecular weight excluding hydrogens is 398 g/mol. The number of nitrogens with zero attached hydrogens (tertiary/aromatic N) is 1. The number of carbonyl (C=O) groups is 1. The van der Waals surface area contributed by atoms with Crippen LogP contribution < -0.4 is 10.6 Å². The van der Waals surface area contributed by atoms with E-state index in [1.54, 1.807) is 6.07 Å². The highest BCUT2D eigenvalue weighted by atomic mass is 16.3. The van der Waals surface area contributed by atoms with Crippen LogP contribution in [0, 0.1) is 5.92 Å². The van der Waals surface area contributed by atoms with E-state index in [0.717, 1.165) is 45.4 Å². The maximum absolute atomic E-state index is 13.1. The molecule has 0 aliphatic carbocycles. The van der Waals surface area contributed by atoms with Crippen molar-refractivity contribution in [1.82, 2.24) is 15.5 Å². The van der Waals surface area contributed by atoms with Gasteiger partial charge in [-0.2, -0.15) is 0 Å². The predicted molar refractivity (Wildman–Crippen MR) is 129 cm³/mol. The molecule has 0 bridgehead atoms. The second-order valence-electron chi connectivity index (χ2n) is 10.2. The molecule has 2 aliphatic heterocycles. The number of fused-ring (bicyclic) bond motifs is 1. The lowest BCUT2D eigenvalue weighted by Gasteiger charge is -2.41. The number of piperidine rings is 1. The molecule has 2 heterocycles. The Hall–Kier alpha value is -2.37. The van der Waals surface area contributed by atoms with Gasteiger partial charge in [0.05, 0.1) is 6.04 Å². The first-order valence-corrected chi connectivity index (χ1v) is 12.0. The Morgan fingerprint density at radius 1 is 1.16 bits per heavy atom. The van der Waals surface area contributed by atoms with Crippen LogP contribution in [0.5, 0.6) is 5.75 Å². The van der Waals surface area contributed by atoms with Crippen LogP contribution >= 0.6 is 0 Å². The number of benzene rings is 2. The van der Waals surface area contributed by atoms with Gasteiger partial charge >= 0.3 is 0 Å². The first-order valence-electron chi connectivity index (χ1n) is 12.0. The number of nitrogens with one attached hydrogen (secondary N) is 2. The number of hydrogen-bond acceptors (Lipinski definition) is 4. The van der Waals surface area contributed by atoms with Crippen molar-refractivity contribution in [2.24, 2.45) is 5.92 Å². The van der Waals surface area contributed by atoms with Crippen molar-refractivity contribution in [3.8, 4) is 5.75 Å². The van der Waals surface area contributed by atoms with Crippen molar-refractivity contribution in [2.75, 3.05) is 19.6 Å². The Balaban J connectivity index is 1.33. The molecule has 1 saturated heterocycles. The number of hydrogen-bond donors (Lipinski definition) is 3. The van der Waals surface area contributed by atoms with Crippen LogP contribution in [0.2, 0.25) is 0 Å². The normalized spacial score (nSPS) is 21.7. The number of amides is 1. The summed E-state index contributed by atoms with van der Waals surface area (Å²) < 4.78 is 0. The largest absolute Gasteiger partial charge is 0.508 e. The Morgan fingerprint density at radius 3 is 2.56 bits per heavy atom. The number of phenols is 1. The van der Waals surface area contributed by atoms with Crippen molar-refractivity contribution >= 4 is 5.91 Å². The topological polar surface area (TPSA) is 64.6 Å². The Morgan fingerprint density at radius 2 is 1.88 bits per heavy atom. The van der Waals surface area contributed by atoms with Gasteiger partial charge in [0.1, 0.15) is 5.75 Å². The Labute approximate surface area is 192 Å². The first kappa shape index (κ1) is 22.8. The molecule has 2 aliphatic rings. The maximum Gasteiger partial charge on any atom is 0.237 e. The fourth-order valence-electron chi connectivity index (χ4n) is 5.02. The molecule has 2 atom stereocenters. The summed E-state index contributed by atoms with van der Waals surface area (Å²) in [4.78, 5) is 15.6. The van der Waals surface area contributed by atoms with Crippen LogP contribution in [0.15, 0.2) is 48.5 Å². The van der Waals surface area contributed by atoms with E-state index in [1.165, 1.54) is 16.7 Å². The summed E-state index contributed by atoms with van der Waals surface area (Å²) in [5.74, 6) is 0.821. The minimum Gasteiger partial charge on any atom is -0.508 e. The summed E-state index contributed by atoms with van der Waals surface area (Å²) in [5, 5.41) is 16.6. The fraction of sp³-hybridized carbons (Fsp3) is 0.519. The van der Waals surface area contributed by atoms with Crippen molar-refractivity contribution in [3.05, 3.63) is 65.2 Å². The van der Waals surface area contributed by atoms with E-state index in [4.69, 9.17) is 0 Å².